The summed E-state index contributed by atoms with van der Waals surface area (Å²) in [5.74, 6) is 0. The van der Waals surface area contributed by atoms with E-state index in [0.29, 0.717) is 36.5 Å². The number of hydrogen-bond donors (Lipinski definition) is 0. The van der Waals surface area contributed by atoms with Crippen molar-refractivity contribution < 1.29 is 14.6 Å². The van der Waals surface area contributed by atoms with Crippen LogP contribution in [0.3, 0.4) is 0 Å². The predicted octanol–water partition coefficient (Wildman–Crippen LogP) is 3.77. The smallest absolute Gasteiger partial charge is 0.271 e. The van der Waals surface area contributed by atoms with Crippen molar-refractivity contribution in [2.75, 3.05) is 31.2 Å². The molecule has 8 nitrogen and oxygen atoms in total. The number of anilines is 1. The van der Waals surface area contributed by atoms with Crippen LogP contribution in [0.4, 0.5) is 17.1 Å². The summed E-state index contributed by atoms with van der Waals surface area (Å²) in [6, 6.07) is 9.15. The third-order valence-electron chi connectivity index (χ3n) is 4.00. The molecule has 1 fully saturated rings. The fraction of sp³-hybridized carbons (Fsp3) is 0.250. The van der Waals surface area contributed by atoms with Crippen LogP contribution in [0.15, 0.2) is 40.9 Å². The van der Waals surface area contributed by atoms with Crippen LogP contribution in [-0.4, -0.2) is 36.1 Å². The van der Waals surface area contributed by atoms with E-state index < -0.39 is 9.85 Å². The van der Waals surface area contributed by atoms with Gasteiger partial charge in [0.25, 0.3) is 11.4 Å². The number of nitro benzene ring substituents is 2. The van der Waals surface area contributed by atoms with Gasteiger partial charge in [0.15, 0.2) is 0 Å². The summed E-state index contributed by atoms with van der Waals surface area (Å²) in [5.41, 5.74) is 2.21. The van der Waals surface area contributed by atoms with E-state index in [1.165, 1.54) is 24.3 Å². The molecule has 0 bridgehead atoms. The van der Waals surface area contributed by atoms with E-state index in [1.807, 2.05) is 4.90 Å². The molecule has 9 heteroatoms. The number of halogens is 1. The molecule has 0 aromatic heterocycles. The van der Waals surface area contributed by atoms with E-state index in [1.54, 1.807) is 12.1 Å². The van der Waals surface area contributed by atoms with Crippen LogP contribution in [0.2, 0.25) is 0 Å². The summed E-state index contributed by atoms with van der Waals surface area (Å²) in [6.45, 7) is 2.34. The molecule has 25 heavy (non-hydrogen) atoms. The van der Waals surface area contributed by atoms with Crippen molar-refractivity contribution in [3.8, 4) is 11.1 Å². The second-order valence-corrected chi connectivity index (χ2v) is 6.33. The zero-order chi connectivity index (χ0) is 18.0. The summed E-state index contributed by atoms with van der Waals surface area (Å²) in [6.07, 6.45) is 0. The summed E-state index contributed by atoms with van der Waals surface area (Å²) in [7, 11) is 0. The molecule has 1 aliphatic heterocycles. The van der Waals surface area contributed by atoms with Crippen LogP contribution in [0.25, 0.3) is 11.1 Å². The van der Waals surface area contributed by atoms with Crippen molar-refractivity contribution in [2.24, 2.45) is 0 Å². The van der Waals surface area contributed by atoms with Gasteiger partial charge < -0.3 is 9.64 Å². The fourth-order valence-corrected chi connectivity index (χ4v) is 3.34. The maximum atomic E-state index is 11.1. The summed E-state index contributed by atoms with van der Waals surface area (Å²) in [5, 5.41) is 22.1. The van der Waals surface area contributed by atoms with E-state index in [-0.39, 0.29) is 11.4 Å². The van der Waals surface area contributed by atoms with Gasteiger partial charge in [-0.3, -0.25) is 20.2 Å². The Morgan fingerprint density at radius 1 is 0.920 bits per heavy atom. The van der Waals surface area contributed by atoms with Crippen LogP contribution in [0.5, 0.6) is 0 Å². The molecule has 1 heterocycles. The first-order chi connectivity index (χ1) is 12.0. The van der Waals surface area contributed by atoms with Crippen molar-refractivity contribution in [2.45, 2.75) is 0 Å². The van der Waals surface area contributed by atoms with E-state index in [9.17, 15) is 20.2 Å². The minimum atomic E-state index is -0.465. The number of nitro groups is 2. The number of ether oxygens (including phenoxy) is 1. The molecule has 0 spiro atoms. The molecule has 0 N–H and O–H groups in total. The van der Waals surface area contributed by atoms with Gasteiger partial charge in [-0.15, -0.1) is 0 Å². The third kappa shape index (κ3) is 3.62. The number of morpholine rings is 1. The highest BCUT2D eigenvalue weighted by atomic mass is 79.9. The molecule has 3 rings (SSSR count). The number of rotatable bonds is 4. The lowest BCUT2D eigenvalue weighted by Crippen LogP contribution is -2.36. The lowest BCUT2D eigenvalue weighted by molar-refractivity contribution is -0.385. The van der Waals surface area contributed by atoms with E-state index >= 15 is 0 Å². The summed E-state index contributed by atoms with van der Waals surface area (Å²) >= 11 is 3.38. The number of benzene rings is 2. The lowest BCUT2D eigenvalue weighted by Gasteiger charge is -2.30. The first kappa shape index (κ1) is 17.3. The topological polar surface area (TPSA) is 98.8 Å². The molecule has 1 saturated heterocycles. The minimum absolute atomic E-state index is 0.00303. The maximum absolute atomic E-state index is 11.1. The van der Waals surface area contributed by atoms with Crippen LogP contribution >= 0.6 is 15.9 Å². The Bertz CT molecular complexity index is 837. The number of nitrogens with zero attached hydrogens (tertiary/aromatic N) is 3. The molecule has 130 valence electrons. The van der Waals surface area contributed by atoms with Gasteiger partial charge in [0, 0.05) is 47.4 Å². The molecule has 0 unspecified atom stereocenters. The van der Waals surface area contributed by atoms with E-state index in [2.05, 4.69) is 15.9 Å². The molecule has 0 aliphatic carbocycles. The third-order valence-corrected chi connectivity index (χ3v) is 4.65. The van der Waals surface area contributed by atoms with E-state index in [0.717, 1.165) is 11.1 Å². The zero-order valence-electron chi connectivity index (χ0n) is 13.1. The highest BCUT2D eigenvalue weighted by molar-refractivity contribution is 9.10. The first-order valence-corrected chi connectivity index (χ1v) is 8.32. The SMILES string of the molecule is O=[N+]([O-])c1ccc(-c2ccc([N+](=O)[O-])cc2N2CCOCC2)c(Br)c1. The molecule has 2 aromatic rings. The first-order valence-electron chi connectivity index (χ1n) is 7.53. The van der Waals surface area contributed by atoms with Gasteiger partial charge in [-0.1, -0.05) is 0 Å². The average Bonchev–Trinajstić information content (AvgIpc) is 2.62. The van der Waals surface area contributed by atoms with Gasteiger partial charge in [0.05, 0.1) is 28.7 Å². The second kappa shape index (κ2) is 7.16. The van der Waals surface area contributed by atoms with E-state index in [4.69, 9.17) is 4.74 Å². The normalized spacial score (nSPS) is 14.4. The molecule has 0 saturated carbocycles. The largest absolute Gasteiger partial charge is 0.378 e. The Balaban J connectivity index is 2.11. The van der Waals surface area contributed by atoms with Crippen molar-refractivity contribution in [1.29, 1.82) is 0 Å². The van der Waals surface area contributed by atoms with Crippen LogP contribution in [0.1, 0.15) is 0 Å². The van der Waals surface area contributed by atoms with Crippen molar-refractivity contribution >= 4 is 33.0 Å². The minimum Gasteiger partial charge on any atom is -0.378 e. The fourth-order valence-electron chi connectivity index (χ4n) is 2.76. The van der Waals surface area contributed by atoms with Gasteiger partial charge in [-0.2, -0.15) is 0 Å². The summed E-state index contributed by atoms with van der Waals surface area (Å²) < 4.78 is 5.91. The Labute approximate surface area is 151 Å². The monoisotopic (exact) mass is 407 g/mol. The average molecular weight is 408 g/mol. The highest BCUT2D eigenvalue weighted by Crippen LogP contribution is 2.39. The zero-order valence-corrected chi connectivity index (χ0v) is 14.6. The quantitative estimate of drug-likeness (QED) is 0.564. The molecule has 1 aliphatic rings. The molecule has 0 radical (unpaired) electrons. The van der Waals surface area contributed by atoms with Crippen molar-refractivity contribution in [3.05, 3.63) is 61.1 Å². The molecular formula is C16H14BrN3O5. The Morgan fingerprint density at radius 3 is 2.04 bits per heavy atom. The van der Waals surface area contributed by atoms with Gasteiger partial charge in [0.1, 0.15) is 0 Å². The number of hydrogen-bond acceptors (Lipinski definition) is 6. The molecular weight excluding hydrogens is 394 g/mol. The predicted molar refractivity (Wildman–Crippen MR) is 95.9 cm³/mol. The molecule has 0 amide bonds. The van der Waals surface area contributed by atoms with Gasteiger partial charge in [-0.25, -0.2) is 0 Å². The molecule has 0 atom stereocenters. The maximum Gasteiger partial charge on any atom is 0.271 e. The molecule has 2 aromatic carbocycles. The van der Waals surface area contributed by atoms with Crippen LogP contribution in [-0.2, 0) is 4.74 Å². The highest BCUT2D eigenvalue weighted by Gasteiger charge is 2.21. The second-order valence-electron chi connectivity index (χ2n) is 5.48. The van der Waals surface area contributed by atoms with Crippen LogP contribution in [0, 0.1) is 20.2 Å². The van der Waals surface area contributed by atoms with Crippen molar-refractivity contribution in [3.63, 3.8) is 0 Å². The standard InChI is InChI=1S/C16H14BrN3O5/c17-15-9-11(19(21)22)1-3-13(15)14-4-2-12(20(23)24)10-16(14)18-5-7-25-8-6-18/h1-4,9-10H,5-8H2. The lowest BCUT2D eigenvalue weighted by atomic mass is 10.0. The van der Waals surface area contributed by atoms with Gasteiger partial charge in [-0.05, 0) is 33.6 Å². The Kier molecular flexibility index (Phi) is 4.95. The van der Waals surface area contributed by atoms with Gasteiger partial charge in [0.2, 0.25) is 0 Å². The Hall–Kier alpha value is -2.52. The Morgan fingerprint density at radius 2 is 1.48 bits per heavy atom. The van der Waals surface area contributed by atoms with Crippen molar-refractivity contribution in [1.82, 2.24) is 0 Å². The van der Waals surface area contributed by atoms with Gasteiger partial charge >= 0.3 is 0 Å². The summed E-state index contributed by atoms with van der Waals surface area (Å²) in [4.78, 5) is 23.2. The number of non-ortho nitro benzene ring substituents is 2. The van der Waals surface area contributed by atoms with Crippen LogP contribution < -0.4 is 4.90 Å².